The number of hydrogen-bond acceptors (Lipinski definition) is 4. The van der Waals surface area contributed by atoms with E-state index in [0.29, 0.717) is 23.9 Å². The molecule has 3 aliphatic heterocycles. The van der Waals surface area contributed by atoms with Crippen LogP contribution < -0.4 is 0 Å². The Bertz CT molecular complexity index is 722. The summed E-state index contributed by atoms with van der Waals surface area (Å²) >= 11 is 0. The first kappa shape index (κ1) is 17.5. The van der Waals surface area contributed by atoms with Gasteiger partial charge >= 0.3 is 0 Å². The highest BCUT2D eigenvalue weighted by Gasteiger charge is 2.56. The zero-order chi connectivity index (χ0) is 17.5. The standard InChI is InChI=1S/C19H28N2O3S/c1-16-6-2-3-7-18(16)25(22,23)21-14-19(15-21)17(9-13-24-19)8-12-20-10-4-5-11-20/h2-3,6-7,17H,4-5,8-15H2,1H3/t17-/m0/s1. The van der Waals surface area contributed by atoms with E-state index in [9.17, 15) is 8.42 Å². The number of likely N-dealkylation sites (tertiary alicyclic amines) is 1. The molecule has 0 aromatic heterocycles. The minimum absolute atomic E-state index is 0.241. The average molecular weight is 365 g/mol. The van der Waals surface area contributed by atoms with Gasteiger partial charge in [0.05, 0.1) is 10.5 Å². The van der Waals surface area contributed by atoms with Crippen LogP contribution in [0.25, 0.3) is 0 Å². The third-order valence-corrected chi connectivity index (χ3v) is 8.14. The van der Waals surface area contributed by atoms with Crippen molar-refractivity contribution in [2.45, 2.75) is 43.1 Å². The van der Waals surface area contributed by atoms with Gasteiger partial charge in [-0.25, -0.2) is 8.42 Å². The molecular weight excluding hydrogens is 336 g/mol. The number of nitrogens with zero attached hydrogens (tertiary/aromatic N) is 2. The van der Waals surface area contributed by atoms with Crippen LogP contribution in [0.2, 0.25) is 0 Å². The van der Waals surface area contributed by atoms with E-state index in [0.717, 1.165) is 31.6 Å². The molecule has 6 heteroatoms. The summed E-state index contributed by atoms with van der Waals surface area (Å²) in [5.41, 5.74) is 0.566. The third-order valence-electron chi connectivity index (χ3n) is 6.19. The number of hydrogen-bond donors (Lipinski definition) is 0. The molecule has 0 amide bonds. The number of sulfonamides is 1. The van der Waals surface area contributed by atoms with Crippen LogP contribution in [-0.4, -0.2) is 62.6 Å². The first-order valence-electron chi connectivity index (χ1n) is 9.43. The van der Waals surface area contributed by atoms with E-state index in [1.165, 1.54) is 25.9 Å². The van der Waals surface area contributed by atoms with E-state index < -0.39 is 10.0 Å². The van der Waals surface area contributed by atoms with Gasteiger partial charge in [0.2, 0.25) is 10.0 Å². The number of benzene rings is 1. The lowest BCUT2D eigenvalue weighted by Gasteiger charge is -2.49. The third kappa shape index (κ3) is 3.14. The van der Waals surface area contributed by atoms with Crippen LogP contribution in [0.1, 0.15) is 31.2 Å². The van der Waals surface area contributed by atoms with Crippen LogP contribution >= 0.6 is 0 Å². The van der Waals surface area contributed by atoms with Crippen LogP contribution in [0, 0.1) is 12.8 Å². The smallest absolute Gasteiger partial charge is 0.243 e. The van der Waals surface area contributed by atoms with E-state index in [2.05, 4.69) is 4.90 Å². The molecule has 0 bridgehead atoms. The van der Waals surface area contributed by atoms with Crippen molar-refractivity contribution in [3.63, 3.8) is 0 Å². The molecule has 0 unspecified atom stereocenters. The minimum atomic E-state index is -3.41. The van der Waals surface area contributed by atoms with Gasteiger partial charge in [-0.2, -0.15) is 4.31 Å². The predicted octanol–water partition coefficient (Wildman–Crippen LogP) is 2.26. The highest BCUT2D eigenvalue weighted by atomic mass is 32.2. The fourth-order valence-corrected chi connectivity index (χ4v) is 6.37. The lowest BCUT2D eigenvalue weighted by molar-refractivity contribution is -0.103. The van der Waals surface area contributed by atoms with Crippen LogP contribution in [0.5, 0.6) is 0 Å². The van der Waals surface area contributed by atoms with Gasteiger partial charge in [0.25, 0.3) is 0 Å². The second-order valence-corrected chi connectivity index (χ2v) is 9.68. The highest BCUT2D eigenvalue weighted by molar-refractivity contribution is 7.89. The minimum Gasteiger partial charge on any atom is -0.372 e. The Balaban J connectivity index is 1.41. The first-order chi connectivity index (χ1) is 12.0. The summed E-state index contributed by atoms with van der Waals surface area (Å²) in [4.78, 5) is 2.96. The van der Waals surface area contributed by atoms with Gasteiger partial charge in [0, 0.05) is 19.7 Å². The van der Waals surface area contributed by atoms with Gasteiger partial charge in [-0.3, -0.25) is 0 Å². The van der Waals surface area contributed by atoms with E-state index in [-0.39, 0.29) is 5.60 Å². The molecule has 3 aliphatic rings. The molecule has 1 aromatic rings. The van der Waals surface area contributed by atoms with Crippen LogP contribution in [0.15, 0.2) is 29.2 Å². The van der Waals surface area contributed by atoms with Gasteiger partial charge in [-0.15, -0.1) is 0 Å². The largest absolute Gasteiger partial charge is 0.372 e. The fourth-order valence-electron chi connectivity index (χ4n) is 4.59. The Kier molecular flexibility index (Phi) is 4.65. The Morgan fingerprint density at radius 1 is 1.20 bits per heavy atom. The molecule has 1 atom stereocenters. The molecule has 0 N–H and O–H groups in total. The maximum absolute atomic E-state index is 12.9. The summed E-state index contributed by atoms with van der Waals surface area (Å²) < 4.78 is 33.5. The molecule has 25 heavy (non-hydrogen) atoms. The van der Waals surface area contributed by atoms with Gasteiger partial charge in [-0.05, 0) is 69.8 Å². The van der Waals surface area contributed by atoms with Crippen LogP contribution in [0.4, 0.5) is 0 Å². The van der Waals surface area contributed by atoms with Gasteiger partial charge < -0.3 is 9.64 Å². The van der Waals surface area contributed by atoms with Crippen molar-refractivity contribution in [1.82, 2.24) is 9.21 Å². The Morgan fingerprint density at radius 2 is 1.92 bits per heavy atom. The summed E-state index contributed by atoms with van der Waals surface area (Å²) in [5.74, 6) is 0.483. The topological polar surface area (TPSA) is 49.9 Å². The van der Waals surface area contributed by atoms with Gasteiger partial charge in [-0.1, -0.05) is 18.2 Å². The first-order valence-corrected chi connectivity index (χ1v) is 10.9. The molecular formula is C19H28N2O3S. The van der Waals surface area contributed by atoms with Crippen molar-refractivity contribution in [1.29, 1.82) is 0 Å². The van der Waals surface area contributed by atoms with E-state index >= 15 is 0 Å². The van der Waals surface area contributed by atoms with Crippen LogP contribution in [0.3, 0.4) is 0 Å². The molecule has 3 saturated heterocycles. The number of ether oxygens (including phenoxy) is 1. The second kappa shape index (κ2) is 6.65. The van der Waals surface area contributed by atoms with E-state index in [4.69, 9.17) is 4.74 Å². The molecule has 0 saturated carbocycles. The normalized spacial score (nSPS) is 27.0. The summed E-state index contributed by atoms with van der Waals surface area (Å²) in [6, 6.07) is 7.23. The number of aryl methyl sites for hydroxylation is 1. The van der Waals surface area contributed by atoms with Gasteiger partial charge in [0.15, 0.2) is 0 Å². The highest BCUT2D eigenvalue weighted by Crippen LogP contribution is 2.44. The molecule has 1 aromatic carbocycles. The SMILES string of the molecule is Cc1ccccc1S(=O)(=O)N1CC2(C1)OCC[C@@H]2CCN1CCCC1. The fraction of sp³-hybridized carbons (Fsp3) is 0.684. The monoisotopic (exact) mass is 364 g/mol. The lowest BCUT2D eigenvalue weighted by Crippen LogP contribution is -2.66. The molecule has 1 spiro atoms. The van der Waals surface area contributed by atoms with Crippen molar-refractivity contribution in [3.05, 3.63) is 29.8 Å². The van der Waals surface area contributed by atoms with Crippen LogP contribution in [-0.2, 0) is 14.8 Å². The molecule has 0 aliphatic carbocycles. The zero-order valence-corrected chi connectivity index (χ0v) is 15.8. The Morgan fingerprint density at radius 3 is 2.64 bits per heavy atom. The van der Waals surface area contributed by atoms with Crippen molar-refractivity contribution in [2.24, 2.45) is 5.92 Å². The second-order valence-electron chi connectivity index (χ2n) is 7.77. The predicted molar refractivity (Wildman–Crippen MR) is 97.0 cm³/mol. The van der Waals surface area contributed by atoms with Crippen molar-refractivity contribution < 1.29 is 13.2 Å². The summed E-state index contributed by atoms with van der Waals surface area (Å²) in [5, 5.41) is 0. The molecule has 3 heterocycles. The summed E-state index contributed by atoms with van der Waals surface area (Å²) in [7, 11) is -3.41. The van der Waals surface area contributed by atoms with E-state index in [1.54, 1.807) is 16.4 Å². The van der Waals surface area contributed by atoms with Crippen molar-refractivity contribution in [3.8, 4) is 0 Å². The molecule has 138 valence electrons. The molecule has 4 rings (SSSR count). The summed E-state index contributed by atoms with van der Waals surface area (Å²) in [6.07, 6.45) is 4.81. The molecule has 0 radical (unpaired) electrons. The average Bonchev–Trinajstić information content (AvgIpc) is 3.21. The molecule has 5 nitrogen and oxygen atoms in total. The Labute approximate surface area is 151 Å². The quantitative estimate of drug-likeness (QED) is 0.804. The zero-order valence-electron chi connectivity index (χ0n) is 15.0. The Hall–Kier alpha value is -0.950. The summed E-state index contributed by atoms with van der Waals surface area (Å²) in [6.45, 7) is 7.20. The van der Waals surface area contributed by atoms with Crippen molar-refractivity contribution >= 4 is 10.0 Å². The van der Waals surface area contributed by atoms with Gasteiger partial charge in [0.1, 0.15) is 0 Å². The lowest BCUT2D eigenvalue weighted by atomic mass is 9.80. The number of rotatable bonds is 5. The van der Waals surface area contributed by atoms with E-state index in [1.807, 2.05) is 19.1 Å². The maximum Gasteiger partial charge on any atom is 0.243 e. The molecule has 3 fully saturated rings. The maximum atomic E-state index is 12.9. The van der Waals surface area contributed by atoms with Crippen molar-refractivity contribution in [2.75, 3.05) is 39.3 Å².